The Kier molecular flexibility index (Phi) is 15.0. The van der Waals surface area contributed by atoms with Crippen LogP contribution in [0.4, 0.5) is 0 Å². The van der Waals surface area contributed by atoms with E-state index >= 15 is 0 Å². The van der Waals surface area contributed by atoms with Gasteiger partial charge in [0.25, 0.3) is 0 Å². The van der Waals surface area contributed by atoms with E-state index in [0.717, 1.165) is 14.2 Å². The van der Waals surface area contributed by atoms with Crippen LogP contribution in [-0.2, 0) is 19.1 Å². The summed E-state index contributed by atoms with van der Waals surface area (Å²) >= 11 is 0. The van der Waals surface area contributed by atoms with Crippen molar-refractivity contribution in [3.8, 4) is 0 Å². The molecule has 6 N–H and O–H groups in total. The van der Waals surface area contributed by atoms with Gasteiger partial charge in [-0.1, -0.05) is 7.43 Å². The largest absolute Gasteiger partial charge is 0.467 e. The lowest BCUT2D eigenvalue weighted by atomic mass is 10.2. The minimum atomic E-state index is -1.90. The Morgan fingerprint density at radius 2 is 1.25 bits per heavy atom. The summed E-state index contributed by atoms with van der Waals surface area (Å²) in [5.41, 5.74) is 9.25. The molecule has 8 nitrogen and oxygen atoms in total. The van der Waals surface area contributed by atoms with Crippen molar-refractivity contribution in [1.29, 1.82) is 0 Å². The quantitative estimate of drug-likeness (QED) is 0.314. The van der Waals surface area contributed by atoms with Gasteiger partial charge in [-0.25, -0.2) is 9.59 Å². The molecule has 0 aromatic carbocycles. The Morgan fingerprint density at radius 3 is 1.38 bits per heavy atom. The van der Waals surface area contributed by atoms with Gasteiger partial charge >= 0.3 is 11.9 Å². The van der Waals surface area contributed by atoms with E-state index in [9.17, 15) is 9.59 Å². The molecule has 98 valence electrons. The number of carbonyl (C=O) groups is 2. The van der Waals surface area contributed by atoms with E-state index in [-0.39, 0.29) is 14.1 Å². The molecular formula is C8H20N2O6. The Hall–Kier alpha value is -1.22. The lowest BCUT2D eigenvalue weighted by Crippen LogP contribution is -2.40. The van der Waals surface area contributed by atoms with Crippen LogP contribution in [-0.4, -0.2) is 55.2 Å². The van der Waals surface area contributed by atoms with Crippen molar-refractivity contribution in [3.63, 3.8) is 0 Å². The summed E-state index contributed by atoms with van der Waals surface area (Å²) in [6.45, 7) is 0.250. The van der Waals surface area contributed by atoms with Gasteiger partial charge in [-0.2, -0.15) is 0 Å². The minimum Gasteiger partial charge on any atom is -0.467 e. The number of rotatable bonds is 3. The van der Waals surface area contributed by atoms with Crippen LogP contribution < -0.4 is 11.5 Å². The molecule has 8 heteroatoms. The van der Waals surface area contributed by atoms with Gasteiger partial charge in [0.15, 0.2) is 12.2 Å². The van der Waals surface area contributed by atoms with Crippen LogP contribution in [0.15, 0.2) is 0 Å². The van der Waals surface area contributed by atoms with Crippen LogP contribution in [0.1, 0.15) is 7.43 Å². The third-order valence-electron chi connectivity index (χ3n) is 1.18. The highest BCUT2D eigenvalue weighted by Crippen LogP contribution is 1.97. The lowest BCUT2D eigenvalue weighted by Gasteiger charge is -2.12. The predicted octanol–water partition coefficient (Wildman–Crippen LogP) is -2.45. The highest BCUT2D eigenvalue weighted by Gasteiger charge is 2.31. The molecule has 0 aliphatic rings. The molecule has 0 saturated heterocycles. The molecule has 16 heavy (non-hydrogen) atoms. The third-order valence-corrected chi connectivity index (χ3v) is 1.18. The van der Waals surface area contributed by atoms with Gasteiger partial charge in [0.05, 0.1) is 14.2 Å². The number of aliphatic hydroxyl groups excluding tert-OH is 2. The van der Waals surface area contributed by atoms with E-state index in [1.807, 2.05) is 0 Å². The van der Waals surface area contributed by atoms with E-state index in [4.69, 9.17) is 10.2 Å². The maximum atomic E-state index is 10.5. The monoisotopic (exact) mass is 240 g/mol. The molecule has 0 bridgehead atoms. The zero-order valence-corrected chi connectivity index (χ0v) is 8.54. The summed E-state index contributed by atoms with van der Waals surface area (Å²) in [4.78, 5) is 21.1. The number of esters is 2. The minimum absolute atomic E-state index is 0. The Bertz CT molecular complexity index is 179. The first-order chi connectivity index (χ1) is 6.95. The van der Waals surface area contributed by atoms with Crippen LogP contribution >= 0.6 is 0 Å². The van der Waals surface area contributed by atoms with Gasteiger partial charge in [-0.15, -0.1) is 0 Å². The van der Waals surface area contributed by atoms with E-state index in [1.54, 1.807) is 0 Å². The second-order valence-corrected chi connectivity index (χ2v) is 2.17. The first-order valence-electron chi connectivity index (χ1n) is 3.88. The fourth-order valence-corrected chi connectivity index (χ4v) is 0.499. The topological polar surface area (TPSA) is 145 Å². The fraction of sp³-hybridized carbons (Fsp3) is 0.750. The van der Waals surface area contributed by atoms with Crippen molar-refractivity contribution in [2.45, 2.75) is 19.6 Å². The average molecular weight is 240 g/mol. The summed E-state index contributed by atoms with van der Waals surface area (Å²) in [6.07, 6.45) is -3.80. The van der Waals surface area contributed by atoms with Crippen molar-refractivity contribution in [2.75, 3.05) is 20.9 Å². The molecular weight excluding hydrogens is 220 g/mol. The number of ether oxygens (including phenoxy) is 2. The molecule has 0 aromatic rings. The molecule has 0 saturated carbocycles. The third kappa shape index (κ3) is 8.12. The molecule has 0 aliphatic carbocycles. The fourth-order valence-electron chi connectivity index (χ4n) is 0.499. The first-order valence-corrected chi connectivity index (χ1v) is 3.88. The number of aliphatic hydroxyl groups is 2. The summed E-state index contributed by atoms with van der Waals surface area (Å²) in [5.74, 6) is -2.18. The summed E-state index contributed by atoms with van der Waals surface area (Å²) in [5, 5.41) is 17.7. The molecule has 0 spiro atoms. The van der Waals surface area contributed by atoms with Gasteiger partial charge in [0.2, 0.25) is 0 Å². The van der Waals surface area contributed by atoms with Crippen LogP contribution in [0.2, 0.25) is 0 Å². The Labute approximate surface area is 94.1 Å². The summed E-state index contributed by atoms with van der Waals surface area (Å²) < 4.78 is 8.14. The lowest BCUT2D eigenvalue weighted by molar-refractivity contribution is -0.169. The van der Waals surface area contributed by atoms with Gasteiger partial charge in [0, 0.05) is 6.67 Å². The van der Waals surface area contributed by atoms with Gasteiger partial charge < -0.3 is 31.2 Å². The van der Waals surface area contributed by atoms with Crippen molar-refractivity contribution in [1.82, 2.24) is 0 Å². The molecule has 0 aliphatic heterocycles. The molecule has 0 fully saturated rings. The smallest absolute Gasteiger partial charge is 0.338 e. The van der Waals surface area contributed by atoms with Gasteiger partial charge in [-0.3, -0.25) is 0 Å². The summed E-state index contributed by atoms with van der Waals surface area (Å²) in [7, 11) is 2.05. The second kappa shape index (κ2) is 11.9. The van der Waals surface area contributed by atoms with Gasteiger partial charge in [0.1, 0.15) is 0 Å². The molecule has 0 aromatic heterocycles. The van der Waals surface area contributed by atoms with Crippen molar-refractivity contribution in [2.24, 2.45) is 11.5 Å². The van der Waals surface area contributed by atoms with Gasteiger partial charge in [-0.05, 0) is 0 Å². The van der Waals surface area contributed by atoms with E-state index in [2.05, 4.69) is 20.9 Å². The molecule has 2 atom stereocenters. The number of nitrogens with two attached hydrogens (primary N) is 2. The number of hydrogen-bond donors (Lipinski definition) is 4. The SMILES string of the molecule is C.COC(=O)C(O)C(O)C(=O)OC.NCN. The maximum Gasteiger partial charge on any atom is 0.338 e. The molecule has 0 amide bonds. The molecule has 2 unspecified atom stereocenters. The van der Waals surface area contributed by atoms with E-state index < -0.39 is 24.1 Å². The van der Waals surface area contributed by atoms with Crippen LogP contribution in [0.3, 0.4) is 0 Å². The predicted molar refractivity (Wildman–Crippen MR) is 56.0 cm³/mol. The Morgan fingerprint density at radius 1 is 1.06 bits per heavy atom. The normalized spacial score (nSPS) is 12.1. The molecule has 0 heterocycles. The van der Waals surface area contributed by atoms with Crippen LogP contribution in [0, 0.1) is 0 Å². The van der Waals surface area contributed by atoms with Crippen LogP contribution in [0.25, 0.3) is 0 Å². The van der Waals surface area contributed by atoms with Crippen molar-refractivity contribution in [3.05, 3.63) is 0 Å². The zero-order valence-electron chi connectivity index (χ0n) is 8.54. The number of methoxy groups -OCH3 is 2. The number of carbonyl (C=O) groups excluding carboxylic acids is 2. The summed E-state index contributed by atoms with van der Waals surface area (Å²) in [6, 6.07) is 0. The van der Waals surface area contributed by atoms with Crippen molar-refractivity contribution < 1.29 is 29.3 Å². The standard InChI is InChI=1S/C6H10O6.CH6N2.CH4/c1-11-5(9)3(7)4(8)6(10)12-2;2-1-3;/h3-4,7-8H,1-2H3;1-3H2;1H4. The van der Waals surface area contributed by atoms with E-state index in [0.29, 0.717) is 0 Å². The molecule has 0 radical (unpaired) electrons. The number of hydrogen-bond acceptors (Lipinski definition) is 8. The maximum absolute atomic E-state index is 10.5. The zero-order chi connectivity index (χ0) is 12.4. The highest BCUT2D eigenvalue weighted by molar-refractivity contribution is 5.85. The highest BCUT2D eigenvalue weighted by atomic mass is 16.6. The van der Waals surface area contributed by atoms with E-state index in [1.165, 1.54) is 0 Å². The van der Waals surface area contributed by atoms with Crippen LogP contribution in [0.5, 0.6) is 0 Å². The average Bonchev–Trinajstić information content (AvgIpc) is 2.25. The molecule has 0 rings (SSSR count). The Balaban J connectivity index is -0.000000377. The first kappa shape index (κ1) is 20.2. The van der Waals surface area contributed by atoms with Crippen molar-refractivity contribution >= 4 is 11.9 Å². The second-order valence-electron chi connectivity index (χ2n) is 2.17.